The minimum Gasteiger partial charge on any atom is -0.543 e. The zero-order valence-corrected chi connectivity index (χ0v) is 28.6. The molecule has 0 saturated carbocycles. The van der Waals surface area contributed by atoms with Crippen LogP contribution in [0.2, 0.25) is 0 Å². The molecule has 1 aromatic heterocycles. The van der Waals surface area contributed by atoms with Crippen LogP contribution < -0.4 is 25.6 Å². The molecule has 3 N–H and O–H groups in total. The van der Waals surface area contributed by atoms with Gasteiger partial charge in [0.25, 0.3) is 5.91 Å². The van der Waals surface area contributed by atoms with Crippen LogP contribution in [0.1, 0.15) is 25.5 Å². The van der Waals surface area contributed by atoms with E-state index in [1.165, 1.54) is 35.7 Å². The molecule has 2 saturated heterocycles. The zero-order valence-electron chi connectivity index (χ0n) is 27.0. The topological polar surface area (TPSA) is 209 Å². The summed E-state index contributed by atoms with van der Waals surface area (Å²) in [5.74, 6) is -5.17. The summed E-state index contributed by atoms with van der Waals surface area (Å²) in [4.78, 5) is 105. The van der Waals surface area contributed by atoms with Crippen LogP contribution in [-0.2, 0) is 40.1 Å². The monoisotopic (exact) mass is 723 g/mol. The van der Waals surface area contributed by atoms with Gasteiger partial charge in [0, 0.05) is 55.1 Å². The molecular weight excluding hydrogens is 691 g/mol. The van der Waals surface area contributed by atoms with Crippen molar-refractivity contribution >= 4 is 71.3 Å². The lowest BCUT2D eigenvalue weighted by Gasteiger charge is -2.57. The number of hydrogen-bond acceptors (Lipinski definition) is 11. The maximum Gasteiger partial charge on any atom is 0.325 e. The Morgan fingerprint density at radius 1 is 1.08 bits per heavy atom. The second-order valence-electron chi connectivity index (χ2n) is 11.5. The molecule has 0 radical (unpaired) electrons. The largest absolute Gasteiger partial charge is 0.543 e. The number of ketones is 1. The number of thioether (sulfide) groups is 2. The van der Waals surface area contributed by atoms with Crippen molar-refractivity contribution in [3.05, 3.63) is 71.7 Å². The van der Waals surface area contributed by atoms with Gasteiger partial charge in [-0.25, -0.2) is 4.79 Å². The number of fused-ring (bicyclic) bond motifs is 1. The second kappa shape index (κ2) is 15.1. The highest BCUT2D eigenvalue weighted by molar-refractivity contribution is 8.01. The van der Waals surface area contributed by atoms with Crippen LogP contribution in [-0.4, -0.2) is 105 Å². The predicted octanol–water partition coefficient (Wildman–Crippen LogP) is -1.73. The SMILES string of the molecule is CCN1CCN(C(=O)NC(C(=O)N[C@]2(NC=O)C(=O)N3C(C(=O)[O-])=C(CSc4cc[n+](CC(C)=O)cc4)CS[C@@H]32)c2ccccc2)C(=O)C1=O. The summed E-state index contributed by atoms with van der Waals surface area (Å²) in [6.07, 6.45) is 3.64. The van der Waals surface area contributed by atoms with Crippen LogP contribution >= 0.6 is 23.5 Å². The van der Waals surface area contributed by atoms with Gasteiger partial charge in [0.15, 0.2) is 18.2 Å². The van der Waals surface area contributed by atoms with E-state index in [1.807, 2.05) is 0 Å². The van der Waals surface area contributed by atoms with Crippen LogP contribution in [0.3, 0.4) is 0 Å². The third kappa shape index (κ3) is 7.07. The van der Waals surface area contributed by atoms with Crippen molar-refractivity contribution < 1.29 is 48.0 Å². The first-order chi connectivity index (χ1) is 23.9. The fourth-order valence-electron chi connectivity index (χ4n) is 5.75. The van der Waals surface area contributed by atoms with Gasteiger partial charge < -0.3 is 30.8 Å². The van der Waals surface area contributed by atoms with Gasteiger partial charge in [0.05, 0.1) is 11.7 Å². The number of β-lactam (4-membered cyclic amide) rings is 1. The maximum atomic E-state index is 13.9. The number of piperazine rings is 1. The second-order valence-corrected chi connectivity index (χ2v) is 13.6. The number of Topliss-reactive ketones (excluding diaryl/α,β-unsaturated/α-hetero) is 1. The van der Waals surface area contributed by atoms with E-state index in [4.69, 9.17) is 0 Å². The lowest BCUT2D eigenvalue weighted by Crippen LogP contribution is -2.85. The molecule has 50 heavy (non-hydrogen) atoms. The Morgan fingerprint density at radius 3 is 2.40 bits per heavy atom. The highest BCUT2D eigenvalue weighted by atomic mass is 32.2. The Morgan fingerprint density at radius 2 is 1.78 bits per heavy atom. The Bertz CT molecular complexity index is 1770. The van der Waals surface area contributed by atoms with E-state index in [9.17, 15) is 43.5 Å². The van der Waals surface area contributed by atoms with Crippen molar-refractivity contribution in [3.63, 3.8) is 0 Å². The van der Waals surface area contributed by atoms with E-state index in [0.717, 1.165) is 21.6 Å². The number of urea groups is 1. The van der Waals surface area contributed by atoms with Crippen LogP contribution in [0.5, 0.6) is 0 Å². The smallest absolute Gasteiger partial charge is 0.325 e. The Labute approximate surface area is 294 Å². The Balaban J connectivity index is 1.36. The van der Waals surface area contributed by atoms with Gasteiger partial charge in [0.1, 0.15) is 11.4 Å². The minimum atomic E-state index is -2.09. The Kier molecular flexibility index (Phi) is 10.9. The number of nitrogens with zero attached hydrogens (tertiary/aromatic N) is 4. The van der Waals surface area contributed by atoms with Crippen molar-refractivity contribution in [1.82, 2.24) is 30.7 Å². The molecule has 16 nitrogen and oxygen atoms in total. The summed E-state index contributed by atoms with van der Waals surface area (Å²) in [6, 6.07) is 8.93. The van der Waals surface area contributed by atoms with Gasteiger partial charge >= 0.3 is 17.8 Å². The van der Waals surface area contributed by atoms with E-state index in [2.05, 4.69) is 16.0 Å². The fraction of sp³-hybridized carbons (Fsp3) is 0.344. The molecular formula is C32H33N7O9S2. The molecule has 1 unspecified atom stereocenters. The minimum absolute atomic E-state index is 0.0148. The van der Waals surface area contributed by atoms with Crippen LogP contribution in [0.4, 0.5) is 4.79 Å². The molecule has 4 heterocycles. The average Bonchev–Trinajstić information content (AvgIpc) is 3.10. The quantitative estimate of drug-likeness (QED) is 0.0529. The van der Waals surface area contributed by atoms with Gasteiger partial charge in [-0.1, -0.05) is 30.3 Å². The highest BCUT2D eigenvalue weighted by Gasteiger charge is 2.65. The number of likely N-dealkylation sites (N-methyl/N-ethyl adjacent to an activating group) is 1. The number of imide groups is 1. The third-order valence-corrected chi connectivity index (χ3v) is 10.7. The molecule has 3 aliphatic rings. The van der Waals surface area contributed by atoms with Crippen molar-refractivity contribution in [2.75, 3.05) is 31.1 Å². The first-order valence-electron chi connectivity index (χ1n) is 15.4. The zero-order chi connectivity index (χ0) is 36.2. The molecule has 262 valence electrons. The van der Waals surface area contributed by atoms with Gasteiger partial charge in [-0.15, -0.1) is 23.5 Å². The number of hydrogen-bond donors (Lipinski definition) is 3. The van der Waals surface area contributed by atoms with Gasteiger partial charge in [-0.3, -0.25) is 38.6 Å². The molecule has 2 aromatic rings. The standard InChI is InChI=1S/C32H33N7O9S2/c1-3-37-13-14-38(27(44)26(37)43)31(48)34-23(20-7-5-4-6-8-20)25(42)35-32(33-18-40)29(47)39-24(28(45)46)21(17-50-30(32)39)16-49-22-9-11-36(12-10-22)15-19(2)41/h4-12,18,23,30H,3,13-17H2,1-2H3,(H3-,33,34,35,40,42,45,46,48)/t23?,30-,32-/m1/s1. The van der Waals surface area contributed by atoms with Crippen LogP contribution in [0, 0.1) is 0 Å². The van der Waals surface area contributed by atoms with Crippen LogP contribution in [0.15, 0.2) is 71.0 Å². The fourth-order valence-corrected chi connectivity index (χ4v) is 8.20. The summed E-state index contributed by atoms with van der Waals surface area (Å²) < 4.78 is 1.70. The summed E-state index contributed by atoms with van der Waals surface area (Å²) in [6.45, 7) is 3.64. The Hall–Kier alpha value is -5.23. The van der Waals surface area contributed by atoms with E-state index in [1.54, 1.807) is 54.2 Å². The normalized spacial score (nSPS) is 20.8. The lowest BCUT2D eigenvalue weighted by atomic mass is 9.94. The lowest BCUT2D eigenvalue weighted by molar-refractivity contribution is -0.684. The number of nitrogens with one attached hydrogen (secondary N) is 3. The molecule has 0 spiro atoms. The molecule has 3 atom stereocenters. The number of carbonyl (C=O) groups is 8. The van der Waals surface area contributed by atoms with Gasteiger partial charge in [-0.05, 0) is 18.1 Å². The molecule has 3 aliphatic heterocycles. The van der Waals surface area contributed by atoms with Crippen LogP contribution in [0.25, 0.3) is 0 Å². The number of rotatable bonds is 13. The molecule has 2 fully saturated rings. The average molecular weight is 724 g/mol. The number of aromatic nitrogens is 1. The van der Waals surface area contributed by atoms with Crippen molar-refractivity contribution in [3.8, 4) is 0 Å². The molecule has 0 aliphatic carbocycles. The predicted molar refractivity (Wildman–Crippen MR) is 175 cm³/mol. The first-order valence-corrected chi connectivity index (χ1v) is 17.4. The third-order valence-electron chi connectivity index (χ3n) is 8.23. The van der Waals surface area contributed by atoms with Crippen molar-refractivity contribution in [2.45, 2.75) is 42.4 Å². The van der Waals surface area contributed by atoms with E-state index < -0.39 is 52.7 Å². The number of benzene rings is 1. The van der Waals surface area contributed by atoms with E-state index in [0.29, 0.717) is 10.5 Å². The van der Waals surface area contributed by atoms with E-state index in [-0.39, 0.29) is 61.1 Å². The maximum absolute atomic E-state index is 13.9. The number of carboxylic acids is 1. The summed E-state index contributed by atoms with van der Waals surface area (Å²) in [5.41, 5.74) is -1.84. The number of aliphatic carboxylic acids is 1. The molecule has 18 heteroatoms. The van der Waals surface area contributed by atoms with E-state index >= 15 is 0 Å². The number of pyridine rings is 1. The molecule has 0 bridgehead atoms. The summed E-state index contributed by atoms with van der Waals surface area (Å²) in [7, 11) is 0. The number of amides is 7. The molecule has 7 amide bonds. The molecule has 5 rings (SSSR count). The van der Waals surface area contributed by atoms with Crippen molar-refractivity contribution in [1.29, 1.82) is 0 Å². The highest BCUT2D eigenvalue weighted by Crippen LogP contribution is 2.45. The summed E-state index contributed by atoms with van der Waals surface area (Å²) in [5, 5.41) is 18.6. The number of carboxylic acid groups (broad SMARTS) is 1. The van der Waals surface area contributed by atoms with Gasteiger partial charge in [0.2, 0.25) is 24.5 Å². The summed E-state index contributed by atoms with van der Waals surface area (Å²) >= 11 is 2.42. The first kappa shape index (κ1) is 36.1. The van der Waals surface area contributed by atoms with Gasteiger partial charge in [-0.2, -0.15) is 4.57 Å². The van der Waals surface area contributed by atoms with Crippen molar-refractivity contribution in [2.24, 2.45) is 0 Å². The molecule has 1 aromatic carbocycles. The number of carbonyl (C=O) groups excluding carboxylic acids is 8.